The van der Waals surface area contributed by atoms with Crippen molar-refractivity contribution >= 4 is 11.6 Å². The highest BCUT2D eigenvalue weighted by Gasteiger charge is 2.37. The van der Waals surface area contributed by atoms with E-state index >= 15 is 0 Å². The Labute approximate surface area is 109 Å². The van der Waals surface area contributed by atoms with Gasteiger partial charge in [0.05, 0.1) is 0 Å². The lowest BCUT2D eigenvalue weighted by molar-refractivity contribution is -0.120. The van der Waals surface area contributed by atoms with Crippen LogP contribution in [0.25, 0.3) is 0 Å². The number of hydrogen-bond donors (Lipinski definition) is 0. The molecule has 2 rings (SSSR count). The van der Waals surface area contributed by atoms with Crippen molar-refractivity contribution in [3.63, 3.8) is 0 Å². The van der Waals surface area contributed by atoms with Crippen molar-refractivity contribution in [2.75, 3.05) is 4.90 Å². The quantitative estimate of drug-likeness (QED) is 0.692. The molecule has 0 N–H and O–H groups in total. The molecule has 1 aliphatic heterocycles. The number of carbonyl (C=O) groups is 1. The molecule has 1 aromatic rings. The topological polar surface area (TPSA) is 20.3 Å². The molecule has 0 atom stereocenters. The number of amides is 1. The zero-order chi connectivity index (χ0) is 13.5. The van der Waals surface area contributed by atoms with E-state index in [1.807, 2.05) is 30.9 Å². The molecule has 0 saturated carbocycles. The van der Waals surface area contributed by atoms with Crippen molar-refractivity contribution < 1.29 is 4.79 Å². The van der Waals surface area contributed by atoms with Gasteiger partial charge in [-0.3, -0.25) is 4.79 Å². The Hall–Kier alpha value is -1.75. The van der Waals surface area contributed by atoms with Gasteiger partial charge in [0.25, 0.3) is 0 Å². The fourth-order valence-corrected chi connectivity index (χ4v) is 2.65. The summed E-state index contributed by atoms with van der Waals surface area (Å²) in [4.78, 5) is 14.2. The number of terminal acetylenes is 1. The molecule has 1 heterocycles. The van der Waals surface area contributed by atoms with Crippen molar-refractivity contribution in [3.8, 4) is 12.3 Å². The number of carbonyl (C=O) groups excluding carboxylic acids is 1. The molecule has 18 heavy (non-hydrogen) atoms. The lowest BCUT2D eigenvalue weighted by atomic mass is 9.76. The Bertz CT molecular complexity index is 535. The number of nitrogens with zero attached hydrogens (tertiary/aromatic N) is 1. The summed E-state index contributed by atoms with van der Waals surface area (Å²) in [6.45, 7) is 8.28. The summed E-state index contributed by atoms with van der Waals surface area (Å²) in [5, 5.41) is 0. The maximum absolute atomic E-state index is 12.3. The van der Waals surface area contributed by atoms with E-state index in [1.165, 1.54) is 5.56 Å². The van der Waals surface area contributed by atoms with E-state index in [0.29, 0.717) is 6.42 Å². The average molecular weight is 241 g/mol. The Balaban J connectivity index is 2.66. The first-order valence-corrected chi connectivity index (χ1v) is 6.30. The molecule has 2 heteroatoms. The molecule has 1 aliphatic rings. The molecule has 0 bridgehead atoms. The van der Waals surface area contributed by atoms with Crippen LogP contribution in [0, 0.1) is 12.3 Å². The molecule has 94 valence electrons. The summed E-state index contributed by atoms with van der Waals surface area (Å²) in [6, 6.07) is 6.12. The summed E-state index contributed by atoms with van der Waals surface area (Å²) < 4.78 is 0. The van der Waals surface area contributed by atoms with E-state index in [-0.39, 0.29) is 17.4 Å². The van der Waals surface area contributed by atoms with E-state index in [4.69, 9.17) is 6.42 Å². The Morgan fingerprint density at radius 3 is 2.61 bits per heavy atom. The Kier molecular flexibility index (Phi) is 2.94. The minimum atomic E-state index is -0.120. The molecule has 0 fully saturated rings. The van der Waals surface area contributed by atoms with Crippen molar-refractivity contribution in [2.45, 2.75) is 45.6 Å². The molecule has 0 unspecified atom stereocenters. The van der Waals surface area contributed by atoms with Gasteiger partial charge in [0.2, 0.25) is 5.91 Å². The molecular formula is C16H19NO. The third-order valence-corrected chi connectivity index (χ3v) is 3.53. The van der Waals surface area contributed by atoms with E-state index < -0.39 is 0 Å². The second kappa shape index (κ2) is 4.17. The maximum Gasteiger partial charge on any atom is 0.228 e. The van der Waals surface area contributed by atoms with Crippen LogP contribution in [0.4, 0.5) is 5.69 Å². The Morgan fingerprint density at radius 2 is 2.06 bits per heavy atom. The normalized spacial score (nSPS) is 17.6. The minimum absolute atomic E-state index is 0.120. The van der Waals surface area contributed by atoms with Crippen LogP contribution in [0.3, 0.4) is 0 Å². The van der Waals surface area contributed by atoms with Gasteiger partial charge in [-0.05, 0) is 31.5 Å². The van der Waals surface area contributed by atoms with Crippen LogP contribution in [0.15, 0.2) is 18.2 Å². The van der Waals surface area contributed by atoms with Crippen LogP contribution < -0.4 is 4.90 Å². The van der Waals surface area contributed by atoms with Crippen LogP contribution in [-0.2, 0) is 10.2 Å². The van der Waals surface area contributed by atoms with E-state index in [0.717, 1.165) is 11.3 Å². The molecule has 1 aromatic carbocycles. The molecule has 1 amide bonds. The number of anilines is 1. The molecule has 2 nitrogen and oxygen atoms in total. The van der Waals surface area contributed by atoms with Gasteiger partial charge in [-0.2, -0.15) is 0 Å². The number of benzene rings is 1. The van der Waals surface area contributed by atoms with Gasteiger partial charge in [-0.1, -0.05) is 25.8 Å². The number of rotatable bonds is 1. The standard InChI is InChI=1S/C16H19NO/c1-6-12-7-8-13-14(9-12)17(11(2)3)15(18)10-16(13,4)5/h1,7-9,11H,10H2,2-5H3. The second-order valence-corrected chi connectivity index (χ2v) is 5.79. The van der Waals surface area contributed by atoms with Gasteiger partial charge in [0.15, 0.2) is 0 Å². The summed E-state index contributed by atoms with van der Waals surface area (Å²) >= 11 is 0. The van der Waals surface area contributed by atoms with Gasteiger partial charge in [0.1, 0.15) is 0 Å². The van der Waals surface area contributed by atoms with Crippen molar-refractivity contribution in [2.24, 2.45) is 0 Å². The summed E-state index contributed by atoms with van der Waals surface area (Å²) in [7, 11) is 0. The van der Waals surface area contributed by atoms with Crippen LogP contribution in [0.2, 0.25) is 0 Å². The SMILES string of the molecule is C#Cc1ccc2c(c1)N(C(C)C)C(=O)CC2(C)C. The average Bonchev–Trinajstić information content (AvgIpc) is 2.26. The number of hydrogen-bond acceptors (Lipinski definition) is 1. The smallest absolute Gasteiger partial charge is 0.228 e. The summed E-state index contributed by atoms with van der Waals surface area (Å²) in [6.07, 6.45) is 6.00. The van der Waals surface area contributed by atoms with Crippen molar-refractivity contribution in [1.82, 2.24) is 0 Å². The van der Waals surface area contributed by atoms with E-state index in [1.54, 1.807) is 0 Å². The van der Waals surface area contributed by atoms with Gasteiger partial charge in [-0.25, -0.2) is 0 Å². The van der Waals surface area contributed by atoms with E-state index in [9.17, 15) is 4.79 Å². The lowest BCUT2D eigenvalue weighted by Crippen LogP contribution is -2.45. The largest absolute Gasteiger partial charge is 0.310 e. The molecule has 0 aromatic heterocycles. The fraction of sp³-hybridized carbons (Fsp3) is 0.438. The zero-order valence-electron chi connectivity index (χ0n) is 11.4. The first-order chi connectivity index (χ1) is 8.36. The van der Waals surface area contributed by atoms with Crippen molar-refractivity contribution in [3.05, 3.63) is 29.3 Å². The van der Waals surface area contributed by atoms with E-state index in [2.05, 4.69) is 25.8 Å². The van der Waals surface area contributed by atoms with Gasteiger partial charge < -0.3 is 4.90 Å². The predicted molar refractivity (Wildman–Crippen MR) is 74.6 cm³/mol. The van der Waals surface area contributed by atoms with Crippen LogP contribution in [-0.4, -0.2) is 11.9 Å². The third kappa shape index (κ3) is 1.90. The highest BCUT2D eigenvalue weighted by molar-refractivity contribution is 5.98. The fourth-order valence-electron chi connectivity index (χ4n) is 2.65. The maximum atomic E-state index is 12.3. The summed E-state index contributed by atoms with van der Waals surface area (Å²) in [5.41, 5.74) is 2.88. The van der Waals surface area contributed by atoms with Gasteiger partial charge in [0, 0.05) is 29.1 Å². The highest BCUT2D eigenvalue weighted by Crippen LogP contribution is 2.41. The number of fused-ring (bicyclic) bond motifs is 1. The van der Waals surface area contributed by atoms with Gasteiger partial charge in [-0.15, -0.1) is 6.42 Å². The third-order valence-electron chi connectivity index (χ3n) is 3.53. The van der Waals surface area contributed by atoms with Crippen LogP contribution in [0.5, 0.6) is 0 Å². The second-order valence-electron chi connectivity index (χ2n) is 5.79. The Morgan fingerprint density at radius 1 is 1.39 bits per heavy atom. The predicted octanol–water partition coefficient (Wildman–Crippen LogP) is 3.09. The molecule has 0 spiro atoms. The highest BCUT2D eigenvalue weighted by atomic mass is 16.2. The zero-order valence-corrected chi connectivity index (χ0v) is 11.4. The molecular weight excluding hydrogens is 222 g/mol. The van der Waals surface area contributed by atoms with Crippen LogP contribution in [0.1, 0.15) is 45.2 Å². The molecule has 0 saturated heterocycles. The first-order valence-electron chi connectivity index (χ1n) is 6.30. The van der Waals surface area contributed by atoms with Gasteiger partial charge >= 0.3 is 0 Å². The van der Waals surface area contributed by atoms with Crippen LogP contribution >= 0.6 is 0 Å². The first kappa shape index (κ1) is 12.7. The molecule has 0 aliphatic carbocycles. The monoisotopic (exact) mass is 241 g/mol. The van der Waals surface area contributed by atoms with Crippen molar-refractivity contribution in [1.29, 1.82) is 0 Å². The summed E-state index contributed by atoms with van der Waals surface area (Å²) in [5.74, 6) is 2.82. The lowest BCUT2D eigenvalue weighted by Gasteiger charge is -2.40. The molecule has 0 radical (unpaired) electrons. The minimum Gasteiger partial charge on any atom is -0.310 e.